The van der Waals surface area contributed by atoms with Crippen molar-refractivity contribution in [2.75, 3.05) is 39.6 Å². The van der Waals surface area contributed by atoms with Gasteiger partial charge in [0.25, 0.3) is 0 Å². The summed E-state index contributed by atoms with van der Waals surface area (Å²) in [6, 6.07) is 0. The average Bonchev–Trinajstić information content (AvgIpc) is 3.42. The van der Waals surface area contributed by atoms with Gasteiger partial charge in [0, 0.05) is 30.7 Å². The van der Waals surface area contributed by atoms with Gasteiger partial charge in [0.05, 0.1) is 39.6 Å². The van der Waals surface area contributed by atoms with Gasteiger partial charge in [0.1, 0.15) is 146 Å². The van der Waals surface area contributed by atoms with Crippen LogP contribution in [0.2, 0.25) is 0 Å². The summed E-state index contributed by atoms with van der Waals surface area (Å²) in [4.78, 5) is 62.1. The smallest absolute Gasteiger partial charge is 0.739 e. The van der Waals surface area contributed by atoms with Gasteiger partial charge in [-0.3, -0.25) is 0 Å². The first-order valence-corrected chi connectivity index (χ1v) is 23.2. The largest absolute Gasteiger partial charge is 3.00 e. The van der Waals surface area contributed by atoms with Crippen LogP contribution in [-0.4, -0.2) is 370 Å². The quantitative estimate of drug-likeness (QED) is 0.0235. The maximum absolute atomic E-state index is 10.4. The molecule has 0 radical (unpaired) electrons. The summed E-state index contributed by atoms with van der Waals surface area (Å²) in [5.74, 6) is 0. The summed E-state index contributed by atoms with van der Waals surface area (Å²) in [6.07, 6.45) is -43.6. The van der Waals surface area contributed by atoms with E-state index in [1.165, 1.54) is 0 Å². The Hall–Kier alpha value is -0.379. The molecule has 0 unspecified atom stereocenters. The van der Waals surface area contributed by atoms with Crippen LogP contribution >= 0.6 is 0 Å². The van der Waals surface area contributed by atoms with Gasteiger partial charge >= 0.3 is 44.8 Å². The molecule has 44 heteroatoms. The minimum atomic E-state index is -1.94. The number of hydrogen-bond acceptors (Lipinski definition) is 42. The van der Waals surface area contributed by atoms with Crippen molar-refractivity contribution in [3.63, 3.8) is 0 Å². The van der Waals surface area contributed by atoms with E-state index in [-0.39, 0.29) is 44.8 Å². The fourth-order valence-electron chi connectivity index (χ4n) is 3.97. The molecule has 0 aliphatic rings. The average molecular weight is 1660 g/mol. The molecule has 80 heavy (non-hydrogen) atoms. The number of hydrogen-bond donors (Lipinski definition) is 30. The van der Waals surface area contributed by atoms with E-state index in [4.69, 9.17) is 153 Å². The fraction of sp³-hybridized carbons (Fsp3) is 0.833. The third-order valence-corrected chi connectivity index (χ3v) is 10.4. The monoisotopic (exact) mass is 1660 g/mol. The van der Waals surface area contributed by atoms with E-state index in [2.05, 4.69) is 75.8 Å². The van der Waals surface area contributed by atoms with Gasteiger partial charge in [-0.25, -0.2) is 0 Å². The van der Waals surface area contributed by atoms with Crippen molar-refractivity contribution >= 4 is 106 Å². The molecule has 0 aromatic heterocycles. The molecule has 0 spiro atoms. The maximum Gasteiger partial charge on any atom is 3.00 e. The molecule has 0 aliphatic carbocycles. The van der Waals surface area contributed by atoms with E-state index in [1.807, 2.05) is 0 Å². The Kier molecular flexibility index (Phi) is 62.1. The van der Waals surface area contributed by atoms with E-state index < -0.39 is 217 Å². The Morgan fingerprint density at radius 2 is 0.275 bits per heavy atom. The second-order valence-corrected chi connectivity index (χ2v) is 17.4. The zero-order valence-corrected chi connectivity index (χ0v) is 49.2. The molecule has 0 aliphatic heterocycles. The Morgan fingerprint density at radius 1 is 0.200 bits per heavy atom. The number of aliphatic hydroxyl groups is 30. The van der Waals surface area contributed by atoms with Crippen molar-refractivity contribution in [1.29, 1.82) is 0 Å². The van der Waals surface area contributed by atoms with Gasteiger partial charge in [-0.05, 0) is 0 Å². The molecule has 0 bridgehead atoms. The molecule has 24 atom stereocenters. The second kappa shape index (κ2) is 51.8. The van der Waals surface area contributed by atoms with Crippen LogP contribution in [0.5, 0.6) is 0 Å². The molecule has 0 aromatic carbocycles. The zero-order chi connectivity index (χ0) is 63.6. The Labute approximate surface area is 516 Å². The molecule has 0 amide bonds. The Balaban J connectivity index is -0.000000129. The molecule has 0 saturated carbocycles. The van der Waals surface area contributed by atoms with Crippen molar-refractivity contribution in [3.8, 4) is 0 Å². The molecular weight excluding hydrogens is 1590 g/mol. The minimum Gasteiger partial charge on any atom is -0.739 e. The van der Waals surface area contributed by atoms with Gasteiger partial charge in [-0.15, -0.1) is 0 Å². The van der Waals surface area contributed by atoms with Crippen molar-refractivity contribution in [2.45, 2.75) is 146 Å². The standard InChI is InChI=1S/6C6H12O6S.2Au/c6*7-1-2(8)3(9)4(10)5(11)6(12)13;;/h6*2-5,7-11H,1H2,(H,12,13);;/q;;;;;;2*+3/p-6/t6*2-,3-,4+,5-;;/m111111../s1. The first-order chi connectivity index (χ1) is 35.5. The molecular formula is C36H66Au2O36S6. The maximum atomic E-state index is 10.4. The number of rotatable bonds is 30. The van der Waals surface area contributed by atoms with E-state index in [1.54, 1.807) is 0 Å². The van der Waals surface area contributed by atoms with Gasteiger partial charge < -0.3 is 258 Å². The Bertz CT molecular complexity index is 1360. The predicted octanol–water partition coefficient (Wildman–Crippen LogP) is -21.0. The van der Waals surface area contributed by atoms with E-state index in [0.29, 0.717) is 0 Å². The van der Waals surface area contributed by atoms with Gasteiger partial charge in [0.15, 0.2) is 0 Å². The summed E-state index contributed by atoms with van der Waals surface area (Å²) in [6.45, 7) is -4.77. The third kappa shape index (κ3) is 39.3. The molecule has 484 valence electrons. The van der Waals surface area contributed by atoms with Crippen LogP contribution in [-0.2, 0) is 149 Å². The summed E-state index contributed by atoms with van der Waals surface area (Å²) in [5.41, 5.74) is 0. The molecule has 0 saturated heterocycles. The van der Waals surface area contributed by atoms with Gasteiger partial charge in [0.2, 0.25) is 0 Å². The summed E-state index contributed by atoms with van der Waals surface area (Å²) < 4.78 is 0. The van der Waals surface area contributed by atoms with Crippen LogP contribution in [0.4, 0.5) is 0 Å². The fourth-order valence-corrected chi connectivity index (χ4v) is 4.81. The van der Waals surface area contributed by atoms with E-state index in [0.717, 1.165) is 0 Å². The first-order valence-electron chi connectivity index (χ1n) is 20.7. The predicted molar refractivity (Wildman–Crippen MR) is 261 cm³/mol. The molecule has 36 nitrogen and oxygen atoms in total. The van der Waals surface area contributed by atoms with Crippen LogP contribution in [0.25, 0.3) is 0 Å². The van der Waals surface area contributed by atoms with Crippen LogP contribution in [0.3, 0.4) is 0 Å². The molecule has 0 aromatic rings. The summed E-state index contributed by atoms with van der Waals surface area (Å²) in [5, 5.41) is 257. The van der Waals surface area contributed by atoms with E-state index in [9.17, 15) is 28.8 Å². The van der Waals surface area contributed by atoms with Crippen molar-refractivity contribution in [3.05, 3.63) is 0 Å². The molecule has 0 heterocycles. The second-order valence-electron chi connectivity index (χ2n) is 15.0. The van der Waals surface area contributed by atoms with Gasteiger partial charge in [-0.1, -0.05) is 0 Å². The summed E-state index contributed by atoms with van der Waals surface area (Å²) in [7, 11) is 0. The van der Waals surface area contributed by atoms with Crippen molar-refractivity contribution < 1.29 is 227 Å². The topological polar surface area (TPSA) is 709 Å². The van der Waals surface area contributed by atoms with Crippen molar-refractivity contribution in [1.82, 2.24) is 0 Å². The Morgan fingerprint density at radius 3 is 0.325 bits per heavy atom. The van der Waals surface area contributed by atoms with Crippen LogP contribution < -0.4 is 0 Å². The van der Waals surface area contributed by atoms with Crippen molar-refractivity contribution in [2.24, 2.45) is 0 Å². The zero-order valence-electron chi connectivity index (χ0n) is 40.0. The number of aliphatic hydroxyl groups excluding tert-OH is 30. The van der Waals surface area contributed by atoms with Crippen LogP contribution in [0.1, 0.15) is 0 Å². The van der Waals surface area contributed by atoms with Crippen LogP contribution in [0.15, 0.2) is 0 Å². The first kappa shape index (κ1) is 95.9. The summed E-state index contributed by atoms with van der Waals surface area (Å²) >= 11 is 24.1. The third-order valence-electron chi connectivity index (χ3n) is 8.98. The molecule has 0 rings (SSSR count). The van der Waals surface area contributed by atoms with Crippen LogP contribution in [0, 0.1) is 0 Å². The van der Waals surface area contributed by atoms with E-state index >= 15 is 0 Å². The minimum absolute atomic E-state index is 0. The molecule has 30 N–H and O–H groups in total. The SMILES string of the molecule is O=C([S-])[C@H](O)[C@@H](O)[C@H](O)[C@H](O)CO.O=C([S-])[C@H](O)[C@@H](O)[C@H](O)[C@H](O)CO.O=C([S-])[C@H](O)[C@@H](O)[C@H](O)[C@H](O)CO.O=C([S-])[C@H](O)[C@@H](O)[C@H](O)[C@H](O)CO.O=C([S-])[C@H](O)[C@@H](O)[C@H](O)[C@H](O)CO.O=C([S-])[C@H](O)[C@@H](O)[C@H](O)[C@H](O)CO.[Au+3].[Au+3]. The number of carbonyl (C=O) groups excluding carboxylic acids is 6. The number of carbonyl (C=O) groups is 6. The van der Waals surface area contributed by atoms with Gasteiger partial charge in [-0.2, -0.15) is 0 Å². The molecule has 0 fully saturated rings. The normalized spacial score (nSPS) is 19.9.